The second-order valence-corrected chi connectivity index (χ2v) is 3.60. The summed E-state index contributed by atoms with van der Waals surface area (Å²) in [5.74, 6) is 5.21. The number of benzene rings is 1. The average molecular weight is 258 g/mol. The minimum absolute atomic E-state index is 0.299. The number of ether oxygens (including phenoxy) is 1. The van der Waals surface area contributed by atoms with Crippen LogP contribution >= 0.6 is 0 Å². The predicted molar refractivity (Wildman–Crippen MR) is 60.8 cm³/mol. The van der Waals surface area contributed by atoms with Gasteiger partial charge in [0.25, 0.3) is 0 Å². The highest BCUT2D eigenvalue weighted by Crippen LogP contribution is 2.25. The van der Waals surface area contributed by atoms with Crippen molar-refractivity contribution in [3.8, 4) is 17.6 Å². The quantitative estimate of drug-likeness (QED) is 0.838. The molecule has 2 nitrogen and oxygen atoms in total. The van der Waals surface area contributed by atoms with Crippen LogP contribution in [-0.2, 0) is 0 Å². The highest BCUT2D eigenvalue weighted by Gasteiger charge is 2.30. The Morgan fingerprint density at radius 2 is 1.89 bits per heavy atom. The maximum absolute atomic E-state index is 11.9. The van der Waals surface area contributed by atoms with Gasteiger partial charge in [-0.25, -0.2) is 0 Å². The number of rotatable bonds is 4. The first-order chi connectivity index (χ1) is 8.42. The van der Waals surface area contributed by atoms with Crippen LogP contribution in [0.1, 0.15) is 31.4 Å². The van der Waals surface area contributed by atoms with Crippen molar-refractivity contribution in [1.29, 1.82) is 0 Å². The first kappa shape index (κ1) is 14.4. The summed E-state index contributed by atoms with van der Waals surface area (Å²) >= 11 is 0. The molecule has 0 saturated heterocycles. The van der Waals surface area contributed by atoms with E-state index in [9.17, 15) is 18.3 Å². The molecule has 0 aliphatic carbocycles. The van der Waals surface area contributed by atoms with Crippen molar-refractivity contribution >= 4 is 0 Å². The molecule has 0 radical (unpaired) electrons. The Hall–Kier alpha value is -1.67. The van der Waals surface area contributed by atoms with Crippen LogP contribution in [-0.4, -0.2) is 11.5 Å². The van der Waals surface area contributed by atoms with Crippen LogP contribution in [0.15, 0.2) is 24.3 Å². The lowest BCUT2D eigenvalue weighted by atomic mass is 10.1. The summed E-state index contributed by atoms with van der Waals surface area (Å²) < 4.78 is 39.5. The Labute approximate surface area is 103 Å². The van der Waals surface area contributed by atoms with Crippen molar-refractivity contribution in [2.75, 3.05) is 0 Å². The normalized spacial score (nSPS) is 12.5. The lowest BCUT2D eigenvalue weighted by Gasteiger charge is -2.11. The predicted octanol–water partition coefficient (Wildman–Crippen LogP) is 3.42. The van der Waals surface area contributed by atoms with Crippen LogP contribution in [0.4, 0.5) is 13.2 Å². The first-order valence-electron chi connectivity index (χ1n) is 5.36. The molecule has 1 N–H and O–H groups in total. The molecule has 1 rings (SSSR count). The van der Waals surface area contributed by atoms with E-state index >= 15 is 0 Å². The van der Waals surface area contributed by atoms with Crippen LogP contribution in [0.2, 0.25) is 0 Å². The number of hydrogen-bond donors (Lipinski definition) is 1. The van der Waals surface area contributed by atoms with E-state index in [0.29, 0.717) is 18.4 Å². The number of halogens is 3. The van der Waals surface area contributed by atoms with Gasteiger partial charge in [-0.15, -0.1) is 25.0 Å². The molecule has 1 aromatic carbocycles. The molecule has 18 heavy (non-hydrogen) atoms. The maximum Gasteiger partial charge on any atom is 0.573 e. The molecule has 0 amide bonds. The summed E-state index contributed by atoms with van der Waals surface area (Å²) in [7, 11) is 0. The molecule has 0 spiro atoms. The van der Waals surface area contributed by atoms with Crippen molar-refractivity contribution < 1.29 is 23.0 Å². The van der Waals surface area contributed by atoms with Gasteiger partial charge >= 0.3 is 6.36 Å². The smallest absolute Gasteiger partial charge is 0.406 e. The molecule has 0 aliphatic rings. The van der Waals surface area contributed by atoms with Gasteiger partial charge in [0.1, 0.15) is 5.75 Å². The van der Waals surface area contributed by atoms with Crippen molar-refractivity contribution in [3.05, 3.63) is 29.8 Å². The molecule has 1 atom stereocenters. The zero-order valence-electron chi connectivity index (χ0n) is 9.79. The third-order valence-corrected chi connectivity index (χ3v) is 2.22. The molecule has 0 aliphatic heterocycles. The van der Waals surface area contributed by atoms with Crippen molar-refractivity contribution in [2.45, 2.75) is 32.2 Å². The van der Waals surface area contributed by atoms with Gasteiger partial charge in [0.2, 0.25) is 0 Å². The van der Waals surface area contributed by atoms with Gasteiger partial charge in [0.15, 0.2) is 0 Å². The fraction of sp³-hybridized carbons (Fsp3) is 0.385. The van der Waals surface area contributed by atoms with E-state index in [1.165, 1.54) is 24.3 Å². The molecule has 0 saturated carbocycles. The molecular formula is C13H13F3O2. The molecule has 1 unspecified atom stereocenters. The Morgan fingerprint density at radius 1 is 1.28 bits per heavy atom. The van der Waals surface area contributed by atoms with E-state index in [1.807, 2.05) is 0 Å². The summed E-state index contributed by atoms with van der Waals surface area (Å²) in [6.45, 7) is 1.70. The minimum atomic E-state index is -4.70. The van der Waals surface area contributed by atoms with Gasteiger partial charge < -0.3 is 9.84 Å². The molecule has 0 aromatic heterocycles. The summed E-state index contributed by atoms with van der Waals surface area (Å²) in [4.78, 5) is 0. The number of hydrogen-bond acceptors (Lipinski definition) is 2. The second kappa shape index (κ2) is 6.31. The van der Waals surface area contributed by atoms with Crippen molar-refractivity contribution in [3.63, 3.8) is 0 Å². The SMILES string of the molecule is CC#CCCC(O)c1ccc(OC(F)(F)F)cc1. The fourth-order valence-corrected chi connectivity index (χ4v) is 1.39. The highest BCUT2D eigenvalue weighted by molar-refractivity contribution is 5.28. The monoisotopic (exact) mass is 258 g/mol. The molecule has 0 heterocycles. The van der Waals surface area contributed by atoms with Crippen LogP contribution in [0.25, 0.3) is 0 Å². The lowest BCUT2D eigenvalue weighted by Crippen LogP contribution is -2.17. The first-order valence-corrected chi connectivity index (χ1v) is 5.36. The van der Waals surface area contributed by atoms with Gasteiger partial charge in [-0.3, -0.25) is 0 Å². The van der Waals surface area contributed by atoms with E-state index < -0.39 is 12.5 Å². The average Bonchev–Trinajstić information content (AvgIpc) is 2.28. The van der Waals surface area contributed by atoms with Crippen LogP contribution in [0, 0.1) is 11.8 Å². The molecule has 0 fully saturated rings. The van der Waals surface area contributed by atoms with Gasteiger partial charge in [0, 0.05) is 6.42 Å². The van der Waals surface area contributed by atoms with Gasteiger partial charge in [-0.1, -0.05) is 12.1 Å². The Morgan fingerprint density at radius 3 is 2.39 bits per heavy atom. The van der Waals surface area contributed by atoms with Crippen molar-refractivity contribution in [1.82, 2.24) is 0 Å². The third-order valence-electron chi connectivity index (χ3n) is 2.22. The molecule has 5 heteroatoms. The minimum Gasteiger partial charge on any atom is -0.406 e. The van der Waals surface area contributed by atoms with E-state index in [0.717, 1.165) is 0 Å². The maximum atomic E-state index is 11.9. The standard InChI is InChI=1S/C13H13F3O2/c1-2-3-4-5-12(17)10-6-8-11(9-7-10)18-13(14,15)16/h6-9,12,17H,4-5H2,1H3. The zero-order valence-corrected chi connectivity index (χ0v) is 9.79. The van der Waals surface area contributed by atoms with E-state index in [-0.39, 0.29) is 5.75 Å². The summed E-state index contributed by atoms with van der Waals surface area (Å²) in [5, 5.41) is 9.74. The summed E-state index contributed by atoms with van der Waals surface area (Å²) in [5.41, 5.74) is 0.544. The number of aliphatic hydroxyl groups excluding tert-OH is 1. The summed E-state index contributed by atoms with van der Waals surface area (Å²) in [6.07, 6.45) is -4.44. The topological polar surface area (TPSA) is 29.5 Å². The van der Waals surface area contributed by atoms with Crippen LogP contribution in [0.5, 0.6) is 5.75 Å². The van der Waals surface area contributed by atoms with Crippen LogP contribution in [0.3, 0.4) is 0 Å². The Kier molecular flexibility index (Phi) is 5.05. The Bertz CT molecular complexity index is 426. The fourth-order valence-electron chi connectivity index (χ4n) is 1.39. The highest BCUT2D eigenvalue weighted by atomic mass is 19.4. The van der Waals surface area contributed by atoms with Gasteiger partial charge in [-0.05, 0) is 31.0 Å². The zero-order chi connectivity index (χ0) is 13.6. The van der Waals surface area contributed by atoms with Gasteiger partial charge in [-0.2, -0.15) is 0 Å². The van der Waals surface area contributed by atoms with Gasteiger partial charge in [0.05, 0.1) is 6.10 Å². The largest absolute Gasteiger partial charge is 0.573 e. The third kappa shape index (κ3) is 5.11. The lowest BCUT2D eigenvalue weighted by molar-refractivity contribution is -0.274. The molecular weight excluding hydrogens is 245 g/mol. The Balaban J connectivity index is 2.61. The van der Waals surface area contributed by atoms with E-state index in [1.54, 1.807) is 6.92 Å². The molecule has 1 aromatic rings. The van der Waals surface area contributed by atoms with E-state index in [4.69, 9.17) is 0 Å². The van der Waals surface area contributed by atoms with Crippen LogP contribution < -0.4 is 4.74 Å². The van der Waals surface area contributed by atoms with Crippen molar-refractivity contribution in [2.24, 2.45) is 0 Å². The number of alkyl halides is 3. The second-order valence-electron chi connectivity index (χ2n) is 3.60. The molecule has 98 valence electrons. The molecule has 0 bridgehead atoms. The summed E-state index contributed by atoms with van der Waals surface area (Å²) in [6, 6.07) is 5.17. The van der Waals surface area contributed by atoms with E-state index in [2.05, 4.69) is 16.6 Å². The number of aliphatic hydroxyl groups is 1.